The first-order valence-electron chi connectivity index (χ1n) is 7.24. The van der Waals surface area contributed by atoms with Crippen LogP contribution in [0.3, 0.4) is 0 Å². The van der Waals surface area contributed by atoms with E-state index in [1.54, 1.807) is 18.2 Å². The summed E-state index contributed by atoms with van der Waals surface area (Å²) in [5, 5.41) is 3.39. The van der Waals surface area contributed by atoms with E-state index in [-0.39, 0.29) is 18.3 Å². The molecule has 3 rings (SSSR count). The predicted molar refractivity (Wildman–Crippen MR) is 87.7 cm³/mol. The number of hydrogen-bond donors (Lipinski definition) is 1. The van der Waals surface area contributed by atoms with Crippen LogP contribution in [0.2, 0.25) is 0 Å². The molecule has 3 aromatic rings. The molecule has 0 bridgehead atoms. The van der Waals surface area contributed by atoms with E-state index in [1.165, 1.54) is 30.3 Å². The van der Waals surface area contributed by atoms with Crippen molar-refractivity contribution in [2.75, 3.05) is 11.9 Å². The van der Waals surface area contributed by atoms with Gasteiger partial charge in [-0.15, -0.1) is 0 Å². The fraction of sp³-hybridized carbons (Fsp3) is 0.111. The molecule has 0 atom stereocenters. The molecule has 0 aliphatic rings. The highest BCUT2D eigenvalue weighted by atomic mass is 19.1. The van der Waals surface area contributed by atoms with Gasteiger partial charge in [-0.2, -0.15) is 0 Å². The smallest absolute Gasteiger partial charge is 0.336 e. The molecule has 0 unspecified atom stereocenters. The minimum atomic E-state index is -0.439. The van der Waals surface area contributed by atoms with Crippen molar-refractivity contribution < 1.29 is 18.3 Å². The van der Waals surface area contributed by atoms with Crippen molar-refractivity contribution in [1.29, 1.82) is 0 Å². The van der Waals surface area contributed by atoms with Gasteiger partial charge in [-0.05, 0) is 48.9 Å². The number of aryl methyl sites for hydroxylation is 1. The van der Waals surface area contributed by atoms with Crippen molar-refractivity contribution >= 4 is 22.6 Å². The van der Waals surface area contributed by atoms with Crippen LogP contribution in [0.15, 0.2) is 57.7 Å². The lowest BCUT2D eigenvalue weighted by atomic mass is 10.1. The van der Waals surface area contributed by atoms with Crippen molar-refractivity contribution in [1.82, 2.24) is 0 Å². The predicted octanol–water partition coefficient (Wildman–Crippen LogP) is 3.26. The Kier molecular flexibility index (Phi) is 4.29. The number of nitrogens with one attached hydrogen (secondary N) is 1. The van der Waals surface area contributed by atoms with Gasteiger partial charge in [0.15, 0.2) is 6.61 Å². The molecule has 6 heteroatoms. The largest absolute Gasteiger partial charge is 0.484 e. The quantitative estimate of drug-likeness (QED) is 0.747. The van der Waals surface area contributed by atoms with Gasteiger partial charge in [0.2, 0.25) is 0 Å². The minimum absolute atomic E-state index is 0.223. The molecule has 1 aromatic heterocycles. The van der Waals surface area contributed by atoms with Crippen molar-refractivity contribution in [3.8, 4) is 5.75 Å². The summed E-state index contributed by atoms with van der Waals surface area (Å²) in [5.74, 6) is -0.352. The molecule has 0 spiro atoms. The molecule has 1 N–H and O–H groups in total. The van der Waals surface area contributed by atoms with E-state index in [4.69, 9.17) is 9.15 Å². The summed E-state index contributed by atoms with van der Waals surface area (Å²) < 4.78 is 23.3. The zero-order valence-electron chi connectivity index (χ0n) is 12.8. The van der Waals surface area contributed by atoms with Gasteiger partial charge in [0.05, 0.1) is 0 Å². The molecule has 0 fully saturated rings. The second-order valence-electron chi connectivity index (χ2n) is 5.25. The number of fused-ring (bicyclic) bond motifs is 1. The Hall–Kier alpha value is -3.15. The molecule has 1 heterocycles. The first kappa shape index (κ1) is 15.7. The highest BCUT2D eigenvalue weighted by Gasteiger charge is 2.07. The molecule has 1 amide bonds. The topological polar surface area (TPSA) is 68.5 Å². The van der Waals surface area contributed by atoms with Gasteiger partial charge in [-0.1, -0.05) is 0 Å². The SMILES string of the molecule is Cc1cc(=O)oc2cc(OCC(=O)Nc3ccc(F)cc3)ccc12. The molecule has 0 aliphatic carbocycles. The molecule has 0 aliphatic heterocycles. The van der Waals surface area contributed by atoms with Gasteiger partial charge in [-0.3, -0.25) is 4.79 Å². The Morgan fingerprint density at radius 2 is 1.92 bits per heavy atom. The molecule has 5 nitrogen and oxygen atoms in total. The number of halogens is 1. The fourth-order valence-corrected chi connectivity index (χ4v) is 2.27. The van der Waals surface area contributed by atoms with Crippen LogP contribution in [-0.2, 0) is 4.79 Å². The van der Waals surface area contributed by atoms with E-state index in [2.05, 4.69) is 5.32 Å². The number of ether oxygens (including phenoxy) is 1. The summed E-state index contributed by atoms with van der Waals surface area (Å²) in [6.07, 6.45) is 0. The van der Waals surface area contributed by atoms with Crippen molar-refractivity contribution in [2.24, 2.45) is 0 Å². The molecule has 122 valence electrons. The fourth-order valence-electron chi connectivity index (χ4n) is 2.27. The zero-order valence-corrected chi connectivity index (χ0v) is 12.8. The first-order chi connectivity index (χ1) is 11.5. The third kappa shape index (κ3) is 3.60. The summed E-state index contributed by atoms with van der Waals surface area (Å²) in [6, 6.07) is 11.9. The third-order valence-corrected chi connectivity index (χ3v) is 3.42. The van der Waals surface area contributed by atoms with Gasteiger partial charge >= 0.3 is 5.63 Å². The third-order valence-electron chi connectivity index (χ3n) is 3.42. The Morgan fingerprint density at radius 1 is 1.17 bits per heavy atom. The monoisotopic (exact) mass is 327 g/mol. The number of anilines is 1. The van der Waals surface area contributed by atoms with Crippen LogP contribution in [0.5, 0.6) is 5.75 Å². The average molecular weight is 327 g/mol. The lowest BCUT2D eigenvalue weighted by Crippen LogP contribution is -2.20. The summed E-state index contributed by atoms with van der Waals surface area (Å²) >= 11 is 0. The van der Waals surface area contributed by atoms with Crippen molar-refractivity contribution in [3.63, 3.8) is 0 Å². The number of carbonyl (C=O) groups is 1. The molecule has 0 saturated heterocycles. The van der Waals surface area contributed by atoms with Crippen LogP contribution in [0.25, 0.3) is 11.0 Å². The number of hydrogen-bond acceptors (Lipinski definition) is 4. The highest BCUT2D eigenvalue weighted by Crippen LogP contribution is 2.22. The zero-order chi connectivity index (χ0) is 17.1. The first-order valence-corrected chi connectivity index (χ1v) is 7.24. The second-order valence-corrected chi connectivity index (χ2v) is 5.25. The Balaban J connectivity index is 1.67. The summed E-state index contributed by atoms with van der Waals surface area (Å²) in [4.78, 5) is 23.2. The van der Waals surface area contributed by atoms with Crippen LogP contribution < -0.4 is 15.7 Å². The summed E-state index contributed by atoms with van der Waals surface area (Å²) in [6.45, 7) is 1.59. The van der Waals surface area contributed by atoms with E-state index in [0.29, 0.717) is 17.0 Å². The van der Waals surface area contributed by atoms with E-state index in [0.717, 1.165) is 10.9 Å². The van der Waals surface area contributed by atoms with Crippen LogP contribution in [0.1, 0.15) is 5.56 Å². The average Bonchev–Trinajstić information content (AvgIpc) is 2.54. The normalized spacial score (nSPS) is 10.6. The Morgan fingerprint density at radius 3 is 2.67 bits per heavy atom. The lowest BCUT2D eigenvalue weighted by molar-refractivity contribution is -0.118. The van der Waals surface area contributed by atoms with Crippen LogP contribution in [0.4, 0.5) is 10.1 Å². The molecule has 2 aromatic carbocycles. The van der Waals surface area contributed by atoms with Gasteiger partial charge in [0, 0.05) is 23.2 Å². The molecular weight excluding hydrogens is 313 g/mol. The van der Waals surface area contributed by atoms with E-state index in [1.807, 2.05) is 6.92 Å². The van der Waals surface area contributed by atoms with Crippen LogP contribution in [-0.4, -0.2) is 12.5 Å². The maximum absolute atomic E-state index is 12.8. The maximum Gasteiger partial charge on any atom is 0.336 e. The number of benzene rings is 2. The molecule has 0 radical (unpaired) electrons. The van der Waals surface area contributed by atoms with Gasteiger partial charge in [-0.25, -0.2) is 9.18 Å². The van der Waals surface area contributed by atoms with E-state index >= 15 is 0 Å². The summed E-state index contributed by atoms with van der Waals surface area (Å²) in [5.41, 5.74) is 1.25. The Bertz CT molecular complexity index is 947. The Labute approximate surface area is 136 Å². The minimum Gasteiger partial charge on any atom is -0.484 e. The lowest BCUT2D eigenvalue weighted by Gasteiger charge is -2.08. The molecule has 24 heavy (non-hydrogen) atoms. The molecule has 0 saturated carbocycles. The second kappa shape index (κ2) is 6.54. The van der Waals surface area contributed by atoms with Gasteiger partial charge in [0.1, 0.15) is 17.1 Å². The van der Waals surface area contributed by atoms with Crippen LogP contribution >= 0.6 is 0 Å². The number of rotatable bonds is 4. The van der Waals surface area contributed by atoms with Crippen molar-refractivity contribution in [3.05, 3.63) is 70.3 Å². The number of carbonyl (C=O) groups excluding carboxylic acids is 1. The molecular formula is C18H14FNO4. The number of amides is 1. The van der Waals surface area contributed by atoms with Gasteiger partial charge < -0.3 is 14.5 Å². The van der Waals surface area contributed by atoms with E-state index in [9.17, 15) is 14.0 Å². The van der Waals surface area contributed by atoms with Gasteiger partial charge in [0.25, 0.3) is 5.91 Å². The van der Waals surface area contributed by atoms with Crippen LogP contribution in [0, 0.1) is 12.7 Å². The summed E-state index contributed by atoms with van der Waals surface area (Å²) in [7, 11) is 0. The maximum atomic E-state index is 12.8. The highest BCUT2D eigenvalue weighted by molar-refractivity contribution is 5.92. The van der Waals surface area contributed by atoms with Crippen molar-refractivity contribution in [2.45, 2.75) is 6.92 Å². The standard InChI is InChI=1S/C18H14FNO4/c1-11-8-18(22)24-16-9-14(6-7-15(11)16)23-10-17(21)20-13-4-2-12(19)3-5-13/h2-9H,10H2,1H3,(H,20,21). The van der Waals surface area contributed by atoms with E-state index < -0.39 is 5.63 Å².